The molecule has 1 aromatic carbocycles. The highest BCUT2D eigenvalue weighted by molar-refractivity contribution is 5.94. The molecule has 1 atom stereocenters. The molecule has 0 unspecified atom stereocenters. The second-order valence-corrected chi connectivity index (χ2v) is 6.53. The number of imidazole rings is 1. The summed E-state index contributed by atoms with van der Waals surface area (Å²) in [6.07, 6.45) is 5.22. The van der Waals surface area contributed by atoms with Crippen LogP contribution in [0.5, 0.6) is 5.75 Å². The van der Waals surface area contributed by atoms with Crippen molar-refractivity contribution in [2.75, 3.05) is 13.1 Å². The van der Waals surface area contributed by atoms with Crippen molar-refractivity contribution in [1.82, 2.24) is 24.6 Å². The molecule has 1 aliphatic heterocycles. The van der Waals surface area contributed by atoms with E-state index in [0.29, 0.717) is 18.8 Å². The van der Waals surface area contributed by atoms with Crippen molar-refractivity contribution in [2.24, 2.45) is 0 Å². The Morgan fingerprint density at radius 1 is 1.26 bits per heavy atom. The largest absolute Gasteiger partial charge is 0.505 e. The second kappa shape index (κ2) is 7.06. The minimum absolute atomic E-state index is 0.111. The predicted octanol–water partition coefficient (Wildman–Crippen LogP) is 1.68. The quantitative estimate of drug-likeness (QED) is 0.735. The third-order valence-corrected chi connectivity index (χ3v) is 4.73. The average Bonchev–Trinajstić information content (AvgIpc) is 3.23. The molecule has 0 radical (unpaired) electrons. The number of aromatic nitrogens is 4. The number of rotatable bonds is 3. The van der Waals surface area contributed by atoms with Gasteiger partial charge in [0.15, 0.2) is 11.4 Å². The van der Waals surface area contributed by atoms with Crippen LogP contribution in [0, 0.1) is 0 Å². The van der Waals surface area contributed by atoms with Gasteiger partial charge in [-0.25, -0.2) is 4.98 Å². The third-order valence-electron chi connectivity index (χ3n) is 4.73. The molecule has 1 saturated heterocycles. The summed E-state index contributed by atoms with van der Waals surface area (Å²) in [5.41, 5.74) is -0.0930. The van der Waals surface area contributed by atoms with Crippen LogP contribution in [-0.2, 0) is 0 Å². The van der Waals surface area contributed by atoms with Gasteiger partial charge in [0.2, 0.25) is 0 Å². The SMILES string of the molecule is O=C(c1nn(-c2ccccc2)c(=O)cc1O)N1CCC[C@@H](c2ncc[nH]2)C1. The molecule has 1 amide bonds. The molecule has 8 heteroatoms. The molecule has 138 valence electrons. The van der Waals surface area contributed by atoms with Crippen molar-refractivity contribution < 1.29 is 9.90 Å². The van der Waals surface area contributed by atoms with Gasteiger partial charge in [-0.1, -0.05) is 18.2 Å². The van der Waals surface area contributed by atoms with Gasteiger partial charge in [-0.3, -0.25) is 9.59 Å². The van der Waals surface area contributed by atoms with Crippen LogP contribution in [0.2, 0.25) is 0 Å². The van der Waals surface area contributed by atoms with E-state index in [0.717, 1.165) is 29.4 Å². The molecule has 0 spiro atoms. The molecule has 4 rings (SSSR count). The maximum atomic E-state index is 13.0. The van der Waals surface area contributed by atoms with Gasteiger partial charge in [0, 0.05) is 37.5 Å². The molecule has 1 fully saturated rings. The van der Waals surface area contributed by atoms with Crippen LogP contribution >= 0.6 is 0 Å². The number of nitrogens with zero attached hydrogens (tertiary/aromatic N) is 4. The van der Waals surface area contributed by atoms with Gasteiger partial charge in [0.05, 0.1) is 5.69 Å². The third kappa shape index (κ3) is 3.33. The highest BCUT2D eigenvalue weighted by Gasteiger charge is 2.29. The lowest BCUT2D eigenvalue weighted by Crippen LogP contribution is -2.40. The Labute approximate surface area is 155 Å². The zero-order valence-corrected chi connectivity index (χ0v) is 14.6. The Kier molecular flexibility index (Phi) is 4.45. The van der Waals surface area contributed by atoms with Crippen LogP contribution in [-0.4, -0.2) is 48.8 Å². The molecule has 3 aromatic rings. The molecular weight excluding hydrogens is 346 g/mol. The van der Waals surface area contributed by atoms with Crippen LogP contribution in [0.15, 0.2) is 53.6 Å². The van der Waals surface area contributed by atoms with Gasteiger partial charge in [-0.15, -0.1) is 0 Å². The number of carbonyl (C=O) groups excluding carboxylic acids is 1. The summed E-state index contributed by atoms with van der Waals surface area (Å²) in [7, 11) is 0. The zero-order valence-electron chi connectivity index (χ0n) is 14.6. The number of hydrogen-bond acceptors (Lipinski definition) is 5. The normalized spacial score (nSPS) is 17.0. The Balaban J connectivity index is 1.64. The van der Waals surface area contributed by atoms with Crippen LogP contribution in [0.4, 0.5) is 0 Å². The summed E-state index contributed by atoms with van der Waals surface area (Å²) in [6.45, 7) is 1.06. The van der Waals surface area contributed by atoms with E-state index < -0.39 is 17.2 Å². The van der Waals surface area contributed by atoms with Gasteiger partial charge in [0.25, 0.3) is 11.5 Å². The van der Waals surface area contributed by atoms with Crippen LogP contribution in [0.25, 0.3) is 5.69 Å². The first kappa shape index (κ1) is 17.0. The Hall–Kier alpha value is -3.42. The lowest BCUT2D eigenvalue weighted by molar-refractivity contribution is 0.0693. The summed E-state index contributed by atoms with van der Waals surface area (Å²) in [5.74, 6) is 0.157. The van der Waals surface area contributed by atoms with Gasteiger partial charge in [-0.05, 0) is 25.0 Å². The van der Waals surface area contributed by atoms with E-state index in [1.54, 1.807) is 41.6 Å². The number of piperidine rings is 1. The molecule has 0 aliphatic carbocycles. The van der Waals surface area contributed by atoms with E-state index in [2.05, 4.69) is 15.1 Å². The fourth-order valence-corrected chi connectivity index (χ4v) is 3.39. The van der Waals surface area contributed by atoms with Gasteiger partial charge < -0.3 is 15.0 Å². The maximum absolute atomic E-state index is 13.0. The number of H-pyrrole nitrogens is 1. The molecular formula is C19H19N5O3. The number of amides is 1. The predicted molar refractivity (Wildman–Crippen MR) is 98.0 cm³/mol. The first-order valence-corrected chi connectivity index (χ1v) is 8.81. The van der Waals surface area contributed by atoms with Crippen LogP contribution in [0.1, 0.15) is 35.1 Å². The van der Waals surface area contributed by atoms with Crippen molar-refractivity contribution in [2.45, 2.75) is 18.8 Å². The van der Waals surface area contributed by atoms with E-state index in [4.69, 9.17) is 0 Å². The molecule has 2 N–H and O–H groups in total. The standard InChI is InChI=1S/C19H19N5O3/c25-15-11-16(26)24(14-6-2-1-3-7-14)22-17(15)19(27)23-10-4-5-13(12-23)18-20-8-9-21-18/h1-3,6-9,11,13,25H,4-5,10,12H2,(H,20,21)/t13-/m1/s1. The van der Waals surface area contributed by atoms with Crippen LogP contribution < -0.4 is 5.56 Å². The van der Waals surface area contributed by atoms with Crippen LogP contribution in [0.3, 0.4) is 0 Å². The Bertz CT molecular complexity index is 998. The topological polar surface area (TPSA) is 104 Å². The molecule has 0 saturated carbocycles. The molecule has 8 nitrogen and oxygen atoms in total. The summed E-state index contributed by atoms with van der Waals surface area (Å²) >= 11 is 0. The minimum Gasteiger partial charge on any atom is -0.505 e. The number of benzene rings is 1. The molecule has 0 bridgehead atoms. The lowest BCUT2D eigenvalue weighted by Gasteiger charge is -2.31. The minimum atomic E-state index is -0.498. The average molecular weight is 365 g/mol. The fraction of sp³-hybridized carbons (Fsp3) is 0.263. The second-order valence-electron chi connectivity index (χ2n) is 6.53. The number of aromatic hydroxyl groups is 1. The fourth-order valence-electron chi connectivity index (χ4n) is 3.39. The maximum Gasteiger partial charge on any atom is 0.278 e. The van der Waals surface area contributed by atoms with Gasteiger partial charge in [0.1, 0.15) is 5.82 Å². The van der Waals surface area contributed by atoms with Gasteiger partial charge in [-0.2, -0.15) is 9.78 Å². The summed E-state index contributed by atoms with van der Waals surface area (Å²) in [6, 6.07) is 9.83. The first-order valence-electron chi connectivity index (χ1n) is 8.81. The van der Waals surface area contributed by atoms with Crippen molar-refractivity contribution in [3.05, 3.63) is 70.7 Å². The number of para-hydroxylation sites is 1. The summed E-state index contributed by atoms with van der Waals surface area (Å²) in [5, 5.41) is 14.3. The monoisotopic (exact) mass is 365 g/mol. The molecule has 3 heterocycles. The number of aromatic amines is 1. The highest BCUT2D eigenvalue weighted by atomic mass is 16.3. The van der Waals surface area contributed by atoms with E-state index in [1.807, 2.05) is 6.07 Å². The zero-order chi connectivity index (χ0) is 18.8. The Morgan fingerprint density at radius 2 is 2.07 bits per heavy atom. The number of likely N-dealkylation sites (tertiary alicyclic amines) is 1. The smallest absolute Gasteiger partial charge is 0.278 e. The van der Waals surface area contributed by atoms with E-state index in [-0.39, 0.29) is 11.6 Å². The Morgan fingerprint density at radius 3 is 2.81 bits per heavy atom. The van der Waals surface area contributed by atoms with Crippen molar-refractivity contribution in [3.8, 4) is 11.4 Å². The van der Waals surface area contributed by atoms with Crippen molar-refractivity contribution >= 4 is 5.91 Å². The highest BCUT2D eigenvalue weighted by Crippen LogP contribution is 2.26. The summed E-state index contributed by atoms with van der Waals surface area (Å²) in [4.78, 5) is 34.2. The van der Waals surface area contributed by atoms with E-state index in [1.165, 1.54) is 0 Å². The number of nitrogens with one attached hydrogen (secondary N) is 1. The first-order chi connectivity index (χ1) is 13.1. The van der Waals surface area contributed by atoms with Crippen molar-refractivity contribution in [1.29, 1.82) is 0 Å². The van der Waals surface area contributed by atoms with Crippen molar-refractivity contribution in [3.63, 3.8) is 0 Å². The number of carbonyl (C=O) groups is 1. The summed E-state index contributed by atoms with van der Waals surface area (Å²) < 4.78 is 1.13. The molecule has 1 aliphatic rings. The lowest BCUT2D eigenvalue weighted by atomic mass is 9.97. The van der Waals surface area contributed by atoms with Gasteiger partial charge >= 0.3 is 0 Å². The molecule has 2 aromatic heterocycles. The van der Waals surface area contributed by atoms with E-state index >= 15 is 0 Å². The van der Waals surface area contributed by atoms with E-state index in [9.17, 15) is 14.7 Å². The molecule has 27 heavy (non-hydrogen) atoms. The number of hydrogen-bond donors (Lipinski definition) is 2.